The molecule has 0 aliphatic heterocycles. The zero-order valence-electron chi connectivity index (χ0n) is 11.9. The van der Waals surface area contributed by atoms with Crippen molar-refractivity contribution in [3.8, 4) is 0 Å². The maximum absolute atomic E-state index is 3.76. The van der Waals surface area contributed by atoms with Gasteiger partial charge in [-0.05, 0) is 49.3 Å². The molecule has 2 rings (SSSR count). The first-order valence-electron chi connectivity index (χ1n) is 7.67. The molecule has 1 aromatic carbocycles. The summed E-state index contributed by atoms with van der Waals surface area (Å²) in [6.07, 6.45) is 7.89. The Hall–Kier alpha value is -0.820. The first-order valence-corrected chi connectivity index (χ1v) is 7.67. The van der Waals surface area contributed by atoms with Gasteiger partial charge >= 0.3 is 0 Å². The van der Waals surface area contributed by atoms with Gasteiger partial charge in [0.1, 0.15) is 0 Å². The van der Waals surface area contributed by atoms with E-state index in [1.165, 1.54) is 49.7 Å². The van der Waals surface area contributed by atoms with Crippen molar-refractivity contribution in [1.82, 2.24) is 5.32 Å². The van der Waals surface area contributed by atoms with Gasteiger partial charge in [-0.1, -0.05) is 51.0 Å². The summed E-state index contributed by atoms with van der Waals surface area (Å²) in [6, 6.07) is 9.83. The summed E-state index contributed by atoms with van der Waals surface area (Å²) in [7, 11) is 0. The van der Waals surface area contributed by atoms with Crippen LogP contribution in [-0.4, -0.2) is 6.54 Å². The number of hydrogen-bond donors (Lipinski definition) is 1. The highest BCUT2D eigenvalue weighted by Crippen LogP contribution is 2.37. The number of aryl methyl sites for hydroxylation is 1. The largest absolute Gasteiger partial charge is 0.310 e. The Labute approximate surface area is 112 Å². The molecule has 0 amide bonds. The molecule has 0 heterocycles. The normalized spacial score (nSPS) is 17.4. The SMILES string of the molecule is CCCNC(c1cccc(CCC)c1)C1CCC1. The molecule has 0 spiro atoms. The van der Waals surface area contributed by atoms with Crippen molar-refractivity contribution in [2.24, 2.45) is 5.92 Å². The van der Waals surface area contributed by atoms with Gasteiger partial charge in [0.15, 0.2) is 0 Å². The lowest BCUT2D eigenvalue weighted by molar-refractivity contribution is 0.231. The highest BCUT2D eigenvalue weighted by Gasteiger charge is 2.27. The third-order valence-corrected chi connectivity index (χ3v) is 4.08. The van der Waals surface area contributed by atoms with E-state index in [9.17, 15) is 0 Å². The molecule has 1 unspecified atom stereocenters. The van der Waals surface area contributed by atoms with Gasteiger partial charge in [-0.3, -0.25) is 0 Å². The second kappa shape index (κ2) is 6.94. The smallest absolute Gasteiger partial charge is 0.0348 e. The Morgan fingerprint density at radius 3 is 2.67 bits per heavy atom. The van der Waals surface area contributed by atoms with Crippen molar-refractivity contribution in [3.05, 3.63) is 35.4 Å². The highest BCUT2D eigenvalue weighted by molar-refractivity contribution is 5.27. The molecule has 0 aromatic heterocycles. The molecule has 0 bridgehead atoms. The lowest BCUT2D eigenvalue weighted by Crippen LogP contribution is -2.32. The lowest BCUT2D eigenvalue weighted by Gasteiger charge is -2.35. The molecule has 1 atom stereocenters. The topological polar surface area (TPSA) is 12.0 Å². The van der Waals surface area contributed by atoms with E-state index >= 15 is 0 Å². The van der Waals surface area contributed by atoms with E-state index in [1.807, 2.05) is 0 Å². The summed E-state index contributed by atoms with van der Waals surface area (Å²) in [5.74, 6) is 0.869. The Morgan fingerprint density at radius 1 is 1.22 bits per heavy atom. The molecule has 1 nitrogen and oxygen atoms in total. The van der Waals surface area contributed by atoms with Crippen LogP contribution >= 0.6 is 0 Å². The van der Waals surface area contributed by atoms with Crippen molar-refractivity contribution in [2.45, 2.75) is 58.4 Å². The van der Waals surface area contributed by atoms with Gasteiger partial charge in [-0.15, -0.1) is 0 Å². The zero-order chi connectivity index (χ0) is 12.8. The molecule has 1 fully saturated rings. The van der Waals surface area contributed by atoms with Crippen LogP contribution in [0.2, 0.25) is 0 Å². The van der Waals surface area contributed by atoms with E-state index in [-0.39, 0.29) is 0 Å². The fraction of sp³-hybridized carbons (Fsp3) is 0.647. The van der Waals surface area contributed by atoms with Crippen molar-refractivity contribution in [1.29, 1.82) is 0 Å². The third kappa shape index (κ3) is 3.35. The molecule has 0 saturated heterocycles. The summed E-state index contributed by atoms with van der Waals surface area (Å²) in [5, 5.41) is 3.76. The van der Waals surface area contributed by atoms with Gasteiger partial charge in [0, 0.05) is 6.04 Å². The quantitative estimate of drug-likeness (QED) is 0.747. The number of rotatable bonds is 7. The molecule has 1 aliphatic carbocycles. The molecule has 1 N–H and O–H groups in total. The average Bonchev–Trinajstić information content (AvgIpc) is 2.33. The lowest BCUT2D eigenvalue weighted by atomic mass is 9.77. The molecule has 100 valence electrons. The summed E-state index contributed by atoms with van der Waals surface area (Å²) < 4.78 is 0. The number of benzene rings is 1. The van der Waals surface area contributed by atoms with E-state index in [0.29, 0.717) is 6.04 Å². The molecule has 18 heavy (non-hydrogen) atoms. The van der Waals surface area contributed by atoms with E-state index in [1.54, 1.807) is 0 Å². The van der Waals surface area contributed by atoms with Crippen molar-refractivity contribution < 1.29 is 0 Å². The summed E-state index contributed by atoms with van der Waals surface area (Å²) >= 11 is 0. The first kappa shape index (κ1) is 13.6. The van der Waals surface area contributed by atoms with Crippen LogP contribution in [0.25, 0.3) is 0 Å². The molecular formula is C17H27N. The van der Waals surface area contributed by atoms with Crippen LogP contribution in [0.15, 0.2) is 24.3 Å². The van der Waals surface area contributed by atoms with E-state index in [4.69, 9.17) is 0 Å². The summed E-state index contributed by atoms with van der Waals surface area (Å²) in [4.78, 5) is 0. The van der Waals surface area contributed by atoms with E-state index < -0.39 is 0 Å². The maximum atomic E-state index is 3.76. The van der Waals surface area contributed by atoms with Crippen LogP contribution in [0, 0.1) is 5.92 Å². The van der Waals surface area contributed by atoms with Gasteiger partial charge < -0.3 is 5.32 Å². The van der Waals surface area contributed by atoms with Gasteiger partial charge in [0.2, 0.25) is 0 Å². The predicted molar refractivity (Wildman–Crippen MR) is 78.8 cm³/mol. The highest BCUT2D eigenvalue weighted by atomic mass is 14.9. The predicted octanol–water partition coefficient (Wildman–Crippen LogP) is 4.48. The van der Waals surface area contributed by atoms with Crippen LogP contribution in [0.3, 0.4) is 0 Å². The molecule has 1 aromatic rings. The van der Waals surface area contributed by atoms with E-state index in [2.05, 4.69) is 43.4 Å². The second-order valence-electron chi connectivity index (χ2n) is 5.62. The Bertz CT molecular complexity index is 354. The minimum atomic E-state index is 0.593. The molecule has 1 heteroatoms. The molecule has 0 radical (unpaired) electrons. The van der Waals surface area contributed by atoms with Crippen LogP contribution in [0.4, 0.5) is 0 Å². The Balaban J connectivity index is 2.10. The van der Waals surface area contributed by atoms with Crippen molar-refractivity contribution in [3.63, 3.8) is 0 Å². The monoisotopic (exact) mass is 245 g/mol. The fourth-order valence-corrected chi connectivity index (χ4v) is 2.86. The summed E-state index contributed by atoms with van der Waals surface area (Å²) in [6.45, 7) is 5.64. The second-order valence-corrected chi connectivity index (χ2v) is 5.62. The average molecular weight is 245 g/mol. The summed E-state index contributed by atoms with van der Waals surface area (Å²) in [5.41, 5.74) is 3.01. The third-order valence-electron chi connectivity index (χ3n) is 4.08. The van der Waals surface area contributed by atoms with Crippen molar-refractivity contribution in [2.75, 3.05) is 6.54 Å². The van der Waals surface area contributed by atoms with Crippen LogP contribution in [0.1, 0.15) is 63.1 Å². The Kier molecular flexibility index (Phi) is 5.25. The fourth-order valence-electron chi connectivity index (χ4n) is 2.86. The van der Waals surface area contributed by atoms with Crippen LogP contribution in [-0.2, 0) is 6.42 Å². The van der Waals surface area contributed by atoms with Crippen LogP contribution in [0.5, 0.6) is 0 Å². The maximum Gasteiger partial charge on any atom is 0.0348 e. The van der Waals surface area contributed by atoms with Crippen molar-refractivity contribution >= 4 is 0 Å². The standard InChI is InChI=1S/C17H27N/c1-3-7-14-8-5-11-16(13-14)17(18-12-4-2)15-9-6-10-15/h5,8,11,13,15,17-18H,3-4,6-7,9-10,12H2,1-2H3. The Morgan fingerprint density at radius 2 is 2.06 bits per heavy atom. The molecule has 1 aliphatic rings. The van der Waals surface area contributed by atoms with Crippen LogP contribution < -0.4 is 5.32 Å². The minimum Gasteiger partial charge on any atom is -0.310 e. The molecular weight excluding hydrogens is 218 g/mol. The minimum absolute atomic E-state index is 0.593. The zero-order valence-corrected chi connectivity index (χ0v) is 11.9. The number of nitrogens with one attached hydrogen (secondary N) is 1. The number of hydrogen-bond acceptors (Lipinski definition) is 1. The molecule has 1 saturated carbocycles. The van der Waals surface area contributed by atoms with Gasteiger partial charge in [0.25, 0.3) is 0 Å². The van der Waals surface area contributed by atoms with Gasteiger partial charge in [-0.25, -0.2) is 0 Å². The van der Waals surface area contributed by atoms with Gasteiger partial charge in [-0.2, -0.15) is 0 Å². The van der Waals surface area contributed by atoms with E-state index in [0.717, 1.165) is 12.5 Å². The first-order chi connectivity index (χ1) is 8.85. The van der Waals surface area contributed by atoms with Gasteiger partial charge in [0.05, 0.1) is 0 Å².